The van der Waals surface area contributed by atoms with Gasteiger partial charge in [0.05, 0.1) is 0 Å². The van der Waals surface area contributed by atoms with Crippen LogP contribution in [0.3, 0.4) is 0 Å². The van der Waals surface area contributed by atoms with Crippen molar-refractivity contribution >= 4 is 0 Å². The van der Waals surface area contributed by atoms with Gasteiger partial charge in [-0.1, -0.05) is 0 Å². The first-order chi connectivity index (χ1) is 1.41. The van der Waals surface area contributed by atoms with Crippen molar-refractivity contribution in [2.24, 2.45) is 0 Å². The van der Waals surface area contributed by atoms with Gasteiger partial charge < -0.3 is 12.7 Å². The third-order valence-electron chi connectivity index (χ3n) is 0. The second-order valence-electron chi connectivity index (χ2n) is 0.250. The molecule has 0 saturated carbocycles. The summed E-state index contributed by atoms with van der Waals surface area (Å²) in [5, 5.41) is 0. The van der Waals surface area contributed by atoms with E-state index < -0.39 is 0 Å². The molecule has 0 fully saturated rings. The van der Waals surface area contributed by atoms with Crippen molar-refractivity contribution in [2.75, 3.05) is 6.54 Å². The SMILES string of the molecule is [CH2-]C[NH-].[K+]. The van der Waals surface area contributed by atoms with Crippen LogP contribution in [0.25, 0.3) is 5.73 Å². The summed E-state index contributed by atoms with van der Waals surface area (Å²) in [6.07, 6.45) is 0. The second-order valence-corrected chi connectivity index (χ2v) is 0.250. The van der Waals surface area contributed by atoms with Crippen LogP contribution in [0.5, 0.6) is 0 Å². The van der Waals surface area contributed by atoms with Crippen molar-refractivity contribution < 1.29 is 51.4 Å². The molecule has 0 saturated heterocycles. The molecule has 0 rings (SSSR count). The molecule has 0 aliphatic rings. The summed E-state index contributed by atoms with van der Waals surface area (Å²) in [6.45, 7) is 3.40. The maximum absolute atomic E-state index is 6.10. The molecule has 1 nitrogen and oxygen atoms in total. The monoisotopic (exact) mass is 82.0 g/mol. The van der Waals surface area contributed by atoms with E-state index in [1.807, 2.05) is 0 Å². The van der Waals surface area contributed by atoms with Crippen LogP contribution in [0.1, 0.15) is 0 Å². The zero-order valence-corrected chi connectivity index (χ0v) is 6.04. The molecule has 0 bridgehead atoms. The minimum atomic E-state index is 0. The molecular formula is C2H5KN-. The van der Waals surface area contributed by atoms with E-state index >= 15 is 0 Å². The molecule has 1 N–H and O–H groups in total. The molecule has 0 heterocycles. The maximum atomic E-state index is 6.10. The van der Waals surface area contributed by atoms with Crippen LogP contribution in [0.15, 0.2) is 0 Å². The maximum Gasteiger partial charge on any atom is 1.00 e. The summed E-state index contributed by atoms with van der Waals surface area (Å²) >= 11 is 0. The number of hydrogen-bond acceptors (Lipinski definition) is 0. The van der Waals surface area contributed by atoms with Crippen molar-refractivity contribution in [3.8, 4) is 0 Å². The van der Waals surface area contributed by atoms with Crippen molar-refractivity contribution in [3.05, 3.63) is 12.7 Å². The molecule has 0 atom stereocenters. The van der Waals surface area contributed by atoms with Crippen molar-refractivity contribution in [2.45, 2.75) is 0 Å². The van der Waals surface area contributed by atoms with E-state index in [0.717, 1.165) is 0 Å². The van der Waals surface area contributed by atoms with E-state index in [0.29, 0.717) is 0 Å². The Morgan fingerprint density at radius 3 is 1.75 bits per heavy atom. The van der Waals surface area contributed by atoms with Crippen LogP contribution in [0.2, 0.25) is 0 Å². The second kappa shape index (κ2) is 8.82. The Bertz CT molecular complexity index is 6.00. The van der Waals surface area contributed by atoms with Gasteiger partial charge >= 0.3 is 51.4 Å². The summed E-state index contributed by atoms with van der Waals surface area (Å²) in [4.78, 5) is 0. The van der Waals surface area contributed by atoms with Gasteiger partial charge in [-0.05, 0) is 0 Å². The Labute approximate surface area is 69.4 Å². The van der Waals surface area contributed by atoms with Gasteiger partial charge in [0.1, 0.15) is 0 Å². The molecule has 0 aliphatic heterocycles. The fourth-order valence-electron chi connectivity index (χ4n) is 0. The summed E-state index contributed by atoms with van der Waals surface area (Å²) in [5.41, 5.74) is 6.10. The minimum absolute atomic E-state index is 0. The average molecular weight is 82.2 g/mol. The van der Waals surface area contributed by atoms with E-state index in [1.54, 1.807) is 0 Å². The predicted molar refractivity (Wildman–Crippen MR) is 14.5 cm³/mol. The predicted octanol–water partition coefficient (Wildman–Crippen LogP) is -2.12. The van der Waals surface area contributed by atoms with Crippen LogP contribution < -0.4 is 51.4 Å². The Morgan fingerprint density at radius 1 is 1.75 bits per heavy atom. The Balaban J connectivity index is 0. The molecule has 0 aliphatic carbocycles. The first-order valence-electron chi connectivity index (χ1n) is 0.854. The van der Waals surface area contributed by atoms with Gasteiger partial charge in [0.15, 0.2) is 0 Å². The molecule has 0 aromatic carbocycles. The Hall–Kier alpha value is 1.60. The summed E-state index contributed by atoms with van der Waals surface area (Å²) in [6, 6.07) is 0. The molecule has 0 aromatic rings. The van der Waals surface area contributed by atoms with Crippen LogP contribution in [-0.2, 0) is 0 Å². The molecule has 0 radical (unpaired) electrons. The summed E-state index contributed by atoms with van der Waals surface area (Å²) in [7, 11) is 0. The van der Waals surface area contributed by atoms with E-state index in [-0.39, 0.29) is 57.9 Å². The number of nitrogens with one attached hydrogen (secondary N) is 1. The van der Waals surface area contributed by atoms with E-state index in [2.05, 4.69) is 6.92 Å². The van der Waals surface area contributed by atoms with Crippen LogP contribution >= 0.6 is 0 Å². The molecule has 4 heavy (non-hydrogen) atoms. The summed E-state index contributed by atoms with van der Waals surface area (Å²) < 4.78 is 0. The number of hydrogen-bond donors (Lipinski definition) is 0. The topological polar surface area (TPSA) is 23.8 Å². The molecular weight excluding hydrogens is 77.1 g/mol. The van der Waals surface area contributed by atoms with Crippen molar-refractivity contribution in [1.29, 1.82) is 0 Å². The van der Waals surface area contributed by atoms with Gasteiger partial charge in [-0.3, -0.25) is 6.54 Å². The van der Waals surface area contributed by atoms with Crippen molar-refractivity contribution in [1.82, 2.24) is 0 Å². The van der Waals surface area contributed by atoms with Gasteiger partial charge in [-0.15, -0.1) is 0 Å². The largest absolute Gasteiger partial charge is 1.00 e. The Morgan fingerprint density at radius 2 is 1.75 bits per heavy atom. The molecule has 0 amide bonds. The van der Waals surface area contributed by atoms with Gasteiger partial charge in [0, 0.05) is 0 Å². The van der Waals surface area contributed by atoms with Crippen molar-refractivity contribution in [3.63, 3.8) is 0 Å². The molecule has 20 valence electrons. The molecule has 0 aromatic heterocycles. The fourth-order valence-corrected chi connectivity index (χ4v) is 0. The zero-order chi connectivity index (χ0) is 2.71. The number of rotatable bonds is 0. The Kier molecular flexibility index (Phi) is 20.2. The first kappa shape index (κ1) is 9.14. The minimum Gasteiger partial charge on any atom is -0.704 e. The van der Waals surface area contributed by atoms with E-state index in [9.17, 15) is 0 Å². The zero-order valence-electron chi connectivity index (χ0n) is 2.91. The average Bonchev–Trinajstić information content (AvgIpc) is 0.918. The third kappa shape index (κ3) is 9.51. The van der Waals surface area contributed by atoms with Crippen LogP contribution in [0, 0.1) is 6.92 Å². The first-order valence-corrected chi connectivity index (χ1v) is 0.854. The quantitative estimate of drug-likeness (QED) is 0.236. The van der Waals surface area contributed by atoms with Gasteiger partial charge in [0.25, 0.3) is 0 Å². The van der Waals surface area contributed by atoms with Gasteiger partial charge in [0.2, 0.25) is 0 Å². The van der Waals surface area contributed by atoms with Gasteiger partial charge in [-0.2, -0.15) is 0 Å². The standard InChI is InChI=1S/C2H5N.K/c1-2-3;/h3H,1-2H2;/q-2;+1. The third-order valence-corrected chi connectivity index (χ3v) is 0. The van der Waals surface area contributed by atoms with Gasteiger partial charge in [-0.25, -0.2) is 0 Å². The molecule has 0 spiro atoms. The summed E-state index contributed by atoms with van der Waals surface area (Å²) in [5.74, 6) is 0. The molecule has 0 unspecified atom stereocenters. The molecule has 2 heteroatoms. The van der Waals surface area contributed by atoms with E-state index in [1.165, 1.54) is 0 Å². The van der Waals surface area contributed by atoms with E-state index in [4.69, 9.17) is 5.73 Å². The smallest absolute Gasteiger partial charge is 0.704 e. The fraction of sp³-hybridized carbons (Fsp3) is 0.500. The van der Waals surface area contributed by atoms with Crippen LogP contribution in [-0.4, -0.2) is 6.54 Å². The van der Waals surface area contributed by atoms with Crippen LogP contribution in [0.4, 0.5) is 0 Å². The normalized spacial score (nSPS) is 4.50.